The maximum atomic E-state index is 12.8. The van der Waals surface area contributed by atoms with Crippen LogP contribution in [0.3, 0.4) is 0 Å². The predicted molar refractivity (Wildman–Crippen MR) is 94.6 cm³/mol. The zero-order chi connectivity index (χ0) is 18.0. The molecule has 5 nitrogen and oxygen atoms in total. The van der Waals surface area contributed by atoms with Crippen LogP contribution in [0.15, 0.2) is 24.3 Å². The number of carbonyl (C=O) groups is 2. The van der Waals surface area contributed by atoms with Gasteiger partial charge in [-0.2, -0.15) is 0 Å². The second-order valence-corrected chi connectivity index (χ2v) is 7.28. The number of carboxylic acid groups (broad SMARTS) is 1. The van der Waals surface area contributed by atoms with Gasteiger partial charge in [-0.25, -0.2) is 4.79 Å². The fourth-order valence-corrected chi connectivity index (χ4v) is 4.74. The highest BCUT2D eigenvalue weighted by Gasteiger charge is 2.58. The van der Waals surface area contributed by atoms with Crippen molar-refractivity contribution in [3.8, 4) is 0 Å². The number of hydrogen-bond donors (Lipinski definition) is 1. The van der Waals surface area contributed by atoms with Crippen molar-refractivity contribution >= 4 is 11.9 Å². The Bertz CT molecular complexity index is 651. The zero-order valence-corrected chi connectivity index (χ0v) is 15.0. The molecule has 1 N–H and O–H groups in total. The summed E-state index contributed by atoms with van der Waals surface area (Å²) in [6.45, 7) is 2.73. The Labute approximate surface area is 149 Å². The third-order valence-electron chi connectivity index (χ3n) is 6.09. The molecule has 0 radical (unpaired) electrons. The third kappa shape index (κ3) is 3.17. The van der Waals surface area contributed by atoms with Crippen LogP contribution in [-0.2, 0) is 16.0 Å². The van der Waals surface area contributed by atoms with Crippen molar-refractivity contribution in [2.45, 2.75) is 57.6 Å². The Morgan fingerprint density at radius 2 is 1.96 bits per heavy atom. The summed E-state index contributed by atoms with van der Waals surface area (Å²) in [4.78, 5) is 26.0. The van der Waals surface area contributed by atoms with Crippen molar-refractivity contribution in [2.24, 2.45) is 5.41 Å². The Hall–Kier alpha value is -1.88. The van der Waals surface area contributed by atoms with Crippen LogP contribution in [0.5, 0.6) is 0 Å². The van der Waals surface area contributed by atoms with Gasteiger partial charge in [-0.05, 0) is 37.8 Å². The largest absolute Gasteiger partial charge is 0.478 e. The molecule has 0 bridgehead atoms. The molecule has 1 amide bonds. The lowest BCUT2D eigenvalue weighted by molar-refractivity contribution is -0.172. The van der Waals surface area contributed by atoms with E-state index in [4.69, 9.17) is 4.74 Å². The van der Waals surface area contributed by atoms with Crippen molar-refractivity contribution in [3.63, 3.8) is 0 Å². The summed E-state index contributed by atoms with van der Waals surface area (Å²) in [5.74, 6) is -1.00. The summed E-state index contributed by atoms with van der Waals surface area (Å²) in [5, 5.41) is 9.30. The van der Waals surface area contributed by atoms with Gasteiger partial charge in [0.15, 0.2) is 0 Å². The molecule has 0 saturated heterocycles. The number of hydrogen-bond acceptors (Lipinski definition) is 3. The monoisotopic (exact) mass is 345 g/mol. The number of nitrogens with zero attached hydrogens (tertiary/aromatic N) is 1. The quantitative estimate of drug-likeness (QED) is 0.860. The second-order valence-electron chi connectivity index (χ2n) is 7.28. The normalized spacial score (nSPS) is 24.1. The average molecular weight is 345 g/mol. The molecule has 2 saturated carbocycles. The number of carbonyl (C=O) groups excluding carboxylic acids is 1. The SMILES string of the molecule is CCOC1CC(N(C)C(=O)Cc2ccccc2C(=O)O)C12CCCC2. The highest BCUT2D eigenvalue weighted by molar-refractivity contribution is 5.91. The number of amides is 1. The van der Waals surface area contributed by atoms with Gasteiger partial charge in [-0.3, -0.25) is 4.79 Å². The van der Waals surface area contributed by atoms with Crippen LogP contribution in [0, 0.1) is 5.41 Å². The van der Waals surface area contributed by atoms with Crippen LogP contribution in [-0.4, -0.2) is 47.7 Å². The Morgan fingerprint density at radius 3 is 2.60 bits per heavy atom. The van der Waals surface area contributed by atoms with Gasteiger partial charge in [-0.15, -0.1) is 0 Å². The van der Waals surface area contributed by atoms with Crippen molar-refractivity contribution in [1.82, 2.24) is 4.90 Å². The summed E-state index contributed by atoms with van der Waals surface area (Å²) < 4.78 is 5.93. The lowest BCUT2D eigenvalue weighted by Crippen LogP contribution is -2.64. The van der Waals surface area contributed by atoms with Crippen LogP contribution in [0.25, 0.3) is 0 Å². The molecular weight excluding hydrogens is 318 g/mol. The van der Waals surface area contributed by atoms with E-state index in [0.717, 1.165) is 19.3 Å². The first-order valence-electron chi connectivity index (χ1n) is 9.18. The summed E-state index contributed by atoms with van der Waals surface area (Å²) in [5.41, 5.74) is 0.890. The summed E-state index contributed by atoms with van der Waals surface area (Å²) >= 11 is 0. The maximum Gasteiger partial charge on any atom is 0.335 e. The van der Waals surface area contributed by atoms with E-state index in [2.05, 4.69) is 0 Å². The van der Waals surface area contributed by atoms with E-state index in [9.17, 15) is 14.7 Å². The molecule has 0 heterocycles. The highest BCUT2D eigenvalue weighted by Crippen LogP contribution is 2.56. The number of rotatable bonds is 6. The first-order chi connectivity index (χ1) is 12.0. The van der Waals surface area contributed by atoms with Gasteiger partial charge in [0.05, 0.1) is 18.1 Å². The summed E-state index contributed by atoms with van der Waals surface area (Å²) in [7, 11) is 1.86. The number of aromatic carboxylic acids is 1. The number of ether oxygens (including phenoxy) is 1. The molecule has 1 aromatic rings. The molecule has 0 aliphatic heterocycles. The van der Waals surface area contributed by atoms with Gasteiger partial charge in [0.25, 0.3) is 0 Å². The van der Waals surface area contributed by atoms with Crippen molar-refractivity contribution in [2.75, 3.05) is 13.7 Å². The van der Waals surface area contributed by atoms with Gasteiger partial charge in [0, 0.05) is 25.1 Å². The van der Waals surface area contributed by atoms with Crippen LogP contribution in [0.1, 0.15) is 54.9 Å². The molecule has 1 spiro atoms. The molecule has 25 heavy (non-hydrogen) atoms. The number of benzene rings is 1. The van der Waals surface area contributed by atoms with Crippen LogP contribution < -0.4 is 0 Å². The minimum absolute atomic E-state index is 0.0140. The first kappa shape index (κ1) is 17.9. The smallest absolute Gasteiger partial charge is 0.335 e. The van der Waals surface area contributed by atoms with E-state index in [1.165, 1.54) is 12.8 Å². The van der Waals surface area contributed by atoms with Crippen molar-refractivity contribution < 1.29 is 19.4 Å². The van der Waals surface area contributed by atoms with E-state index in [-0.39, 0.29) is 35.5 Å². The zero-order valence-electron chi connectivity index (χ0n) is 15.0. The van der Waals surface area contributed by atoms with Gasteiger partial charge in [0.2, 0.25) is 5.91 Å². The number of carboxylic acids is 1. The van der Waals surface area contributed by atoms with Crippen molar-refractivity contribution in [1.29, 1.82) is 0 Å². The third-order valence-corrected chi connectivity index (χ3v) is 6.09. The minimum atomic E-state index is -0.988. The Kier molecular flexibility index (Phi) is 5.13. The molecular formula is C20H27NO4. The molecule has 5 heteroatoms. The first-order valence-corrected chi connectivity index (χ1v) is 9.18. The maximum absolute atomic E-state index is 12.8. The molecule has 2 aliphatic carbocycles. The molecule has 3 rings (SSSR count). The fourth-order valence-electron chi connectivity index (χ4n) is 4.74. The van der Waals surface area contributed by atoms with E-state index in [1.807, 2.05) is 18.9 Å². The highest BCUT2D eigenvalue weighted by atomic mass is 16.5. The predicted octanol–water partition coefficient (Wildman–Crippen LogP) is 3.12. The standard InChI is InChI=1S/C20H27NO4/c1-3-25-17-13-16(20(17)10-6-7-11-20)21(2)18(22)12-14-8-4-5-9-15(14)19(23)24/h4-5,8-9,16-17H,3,6-7,10-13H2,1-2H3,(H,23,24). The van der Waals surface area contributed by atoms with E-state index >= 15 is 0 Å². The summed E-state index contributed by atoms with van der Waals surface area (Å²) in [6, 6.07) is 6.95. The molecule has 136 valence electrons. The van der Waals surface area contributed by atoms with E-state index in [0.29, 0.717) is 12.2 Å². The lowest BCUT2D eigenvalue weighted by Gasteiger charge is -2.57. The second kappa shape index (κ2) is 7.16. The van der Waals surface area contributed by atoms with Gasteiger partial charge < -0.3 is 14.7 Å². The van der Waals surface area contributed by atoms with Crippen LogP contribution >= 0.6 is 0 Å². The molecule has 2 aliphatic rings. The molecule has 0 aromatic heterocycles. The topological polar surface area (TPSA) is 66.8 Å². The summed E-state index contributed by atoms with van der Waals surface area (Å²) in [6.07, 6.45) is 5.90. The molecule has 2 fully saturated rings. The van der Waals surface area contributed by atoms with Gasteiger partial charge in [-0.1, -0.05) is 31.0 Å². The van der Waals surface area contributed by atoms with Crippen LogP contribution in [0.2, 0.25) is 0 Å². The van der Waals surface area contributed by atoms with Gasteiger partial charge >= 0.3 is 5.97 Å². The lowest BCUT2D eigenvalue weighted by atomic mass is 9.60. The van der Waals surface area contributed by atoms with Gasteiger partial charge in [0.1, 0.15) is 0 Å². The fraction of sp³-hybridized carbons (Fsp3) is 0.600. The average Bonchev–Trinajstić information content (AvgIpc) is 3.10. The van der Waals surface area contributed by atoms with E-state index < -0.39 is 5.97 Å². The Morgan fingerprint density at radius 1 is 1.28 bits per heavy atom. The van der Waals surface area contributed by atoms with Crippen LogP contribution in [0.4, 0.5) is 0 Å². The minimum Gasteiger partial charge on any atom is -0.478 e. The molecule has 1 aromatic carbocycles. The number of likely N-dealkylation sites (N-methyl/N-ethyl adjacent to an activating group) is 1. The van der Waals surface area contributed by atoms with Crippen molar-refractivity contribution in [3.05, 3.63) is 35.4 Å². The molecule has 2 atom stereocenters. The molecule has 2 unspecified atom stereocenters. The van der Waals surface area contributed by atoms with E-state index in [1.54, 1.807) is 24.3 Å². The Balaban J connectivity index is 1.72.